The molecule has 2 aromatic rings. The van der Waals surface area contributed by atoms with E-state index in [-0.39, 0.29) is 11.4 Å². The van der Waals surface area contributed by atoms with Crippen molar-refractivity contribution in [2.75, 3.05) is 5.75 Å². The summed E-state index contributed by atoms with van der Waals surface area (Å²) in [6.45, 7) is 2.12. The molecule has 1 heterocycles. The standard InChI is InChI=1S/C14H16N2OS2/c1-14(7-4-8-14)16-12(17)9-18-13-15-10-5-2-3-6-11(10)19-13/h2-3,5-6H,4,7-9H2,1H3,(H,16,17). The van der Waals surface area contributed by atoms with Gasteiger partial charge in [-0.25, -0.2) is 4.98 Å². The van der Waals surface area contributed by atoms with Crippen LogP contribution in [0.1, 0.15) is 26.2 Å². The summed E-state index contributed by atoms with van der Waals surface area (Å²) < 4.78 is 2.14. The Morgan fingerprint density at radius 1 is 1.47 bits per heavy atom. The first-order valence-electron chi connectivity index (χ1n) is 6.44. The molecule has 0 aliphatic heterocycles. The molecule has 19 heavy (non-hydrogen) atoms. The largest absolute Gasteiger partial charge is 0.350 e. The van der Waals surface area contributed by atoms with Gasteiger partial charge in [-0.05, 0) is 38.3 Å². The predicted molar refractivity (Wildman–Crippen MR) is 80.7 cm³/mol. The first-order valence-corrected chi connectivity index (χ1v) is 8.24. The average molecular weight is 292 g/mol. The van der Waals surface area contributed by atoms with Crippen LogP contribution >= 0.6 is 23.1 Å². The summed E-state index contributed by atoms with van der Waals surface area (Å²) >= 11 is 3.17. The molecule has 3 nitrogen and oxygen atoms in total. The summed E-state index contributed by atoms with van der Waals surface area (Å²) in [6.07, 6.45) is 3.43. The van der Waals surface area contributed by atoms with E-state index in [1.807, 2.05) is 18.2 Å². The Morgan fingerprint density at radius 2 is 2.26 bits per heavy atom. The van der Waals surface area contributed by atoms with Crippen molar-refractivity contribution in [1.82, 2.24) is 10.3 Å². The fourth-order valence-electron chi connectivity index (χ4n) is 2.24. The second kappa shape index (κ2) is 5.13. The Bertz CT molecular complexity index is 571. The smallest absolute Gasteiger partial charge is 0.230 e. The van der Waals surface area contributed by atoms with E-state index in [0.29, 0.717) is 5.75 Å². The van der Waals surface area contributed by atoms with Gasteiger partial charge in [0, 0.05) is 5.54 Å². The maximum atomic E-state index is 11.9. The van der Waals surface area contributed by atoms with E-state index in [9.17, 15) is 4.79 Å². The Morgan fingerprint density at radius 3 is 2.95 bits per heavy atom. The van der Waals surface area contributed by atoms with E-state index in [1.165, 1.54) is 22.9 Å². The second-order valence-corrected chi connectivity index (χ2v) is 7.45. The van der Waals surface area contributed by atoms with Crippen molar-refractivity contribution in [2.45, 2.75) is 36.1 Å². The van der Waals surface area contributed by atoms with Crippen LogP contribution in [0.25, 0.3) is 10.2 Å². The molecule has 1 amide bonds. The normalized spacial score (nSPS) is 17.1. The van der Waals surface area contributed by atoms with Crippen molar-refractivity contribution >= 4 is 39.2 Å². The first kappa shape index (κ1) is 12.9. The van der Waals surface area contributed by atoms with Gasteiger partial charge in [-0.3, -0.25) is 4.79 Å². The molecule has 0 spiro atoms. The summed E-state index contributed by atoms with van der Waals surface area (Å²) in [4.78, 5) is 16.4. The van der Waals surface area contributed by atoms with Crippen molar-refractivity contribution in [3.63, 3.8) is 0 Å². The Hall–Kier alpha value is -1.07. The molecule has 1 fully saturated rings. The topological polar surface area (TPSA) is 42.0 Å². The zero-order valence-corrected chi connectivity index (χ0v) is 12.4. The van der Waals surface area contributed by atoms with Gasteiger partial charge in [0.05, 0.1) is 16.0 Å². The van der Waals surface area contributed by atoms with Gasteiger partial charge in [0.15, 0.2) is 4.34 Å². The number of hydrogen-bond donors (Lipinski definition) is 1. The molecule has 0 saturated heterocycles. The average Bonchev–Trinajstić information content (AvgIpc) is 2.77. The minimum absolute atomic E-state index is 0.0469. The number of thioether (sulfide) groups is 1. The molecule has 1 aromatic heterocycles. The molecular weight excluding hydrogens is 276 g/mol. The highest BCUT2D eigenvalue weighted by Gasteiger charge is 2.32. The van der Waals surface area contributed by atoms with Crippen LogP contribution in [-0.4, -0.2) is 22.2 Å². The number of benzene rings is 1. The van der Waals surface area contributed by atoms with Crippen molar-refractivity contribution < 1.29 is 4.79 Å². The maximum absolute atomic E-state index is 11.9. The van der Waals surface area contributed by atoms with E-state index in [2.05, 4.69) is 23.3 Å². The van der Waals surface area contributed by atoms with E-state index in [0.717, 1.165) is 22.7 Å². The molecule has 0 atom stereocenters. The lowest BCUT2D eigenvalue weighted by Crippen LogP contribution is -2.51. The van der Waals surface area contributed by atoms with Crippen LogP contribution in [-0.2, 0) is 4.79 Å². The molecule has 1 aliphatic rings. The molecular formula is C14H16N2OS2. The van der Waals surface area contributed by atoms with Crippen molar-refractivity contribution in [1.29, 1.82) is 0 Å². The third kappa shape index (κ3) is 2.92. The lowest BCUT2D eigenvalue weighted by Gasteiger charge is -2.39. The maximum Gasteiger partial charge on any atom is 0.230 e. The van der Waals surface area contributed by atoms with Gasteiger partial charge in [-0.2, -0.15) is 0 Å². The minimum Gasteiger partial charge on any atom is -0.350 e. The number of nitrogens with zero attached hydrogens (tertiary/aromatic N) is 1. The van der Waals surface area contributed by atoms with Gasteiger partial charge in [-0.15, -0.1) is 11.3 Å². The van der Waals surface area contributed by atoms with Crippen molar-refractivity contribution in [3.8, 4) is 0 Å². The molecule has 1 aromatic carbocycles. The number of aromatic nitrogens is 1. The highest BCUT2D eigenvalue weighted by molar-refractivity contribution is 8.01. The SMILES string of the molecule is CC1(NC(=O)CSc2nc3ccccc3s2)CCC1. The van der Waals surface area contributed by atoms with Crippen molar-refractivity contribution in [2.24, 2.45) is 0 Å². The van der Waals surface area contributed by atoms with Crippen LogP contribution in [0.15, 0.2) is 28.6 Å². The Labute approximate surface area is 120 Å². The number of carbonyl (C=O) groups excluding carboxylic acids is 1. The van der Waals surface area contributed by atoms with Crippen molar-refractivity contribution in [3.05, 3.63) is 24.3 Å². The highest BCUT2D eigenvalue weighted by atomic mass is 32.2. The molecule has 0 unspecified atom stereocenters. The number of amides is 1. The van der Waals surface area contributed by atoms with Crippen LogP contribution in [0.3, 0.4) is 0 Å². The molecule has 0 radical (unpaired) electrons. The van der Waals surface area contributed by atoms with Crippen LogP contribution in [0, 0.1) is 0 Å². The molecule has 3 rings (SSSR count). The monoisotopic (exact) mass is 292 g/mol. The number of nitrogens with one attached hydrogen (secondary N) is 1. The molecule has 1 N–H and O–H groups in total. The second-order valence-electron chi connectivity index (χ2n) is 5.20. The number of thiazole rings is 1. The summed E-state index contributed by atoms with van der Waals surface area (Å²) in [6, 6.07) is 8.07. The van der Waals surface area contributed by atoms with Crippen LogP contribution in [0.5, 0.6) is 0 Å². The van der Waals surface area contributed by atoms with Gasteiger partial charge in [0.2, 0.25) is 5.91 Å². The zero-order valence-electron chi connectivity index (χ0n) is 10.8. The van der Waals surface area contributed by atoms with E-state index < -0.39 is 0 Å². The quantitative estimate of drug-likeness (QED) is 0.878. The summed E-state index contributed by atoms with van der Waals surface area (Å²) in [5.74, 6) is 0.571. The number of hydrogen-bond acceptors (Lipinski definition) is 4. The summed E-state index contributed by atoms with van der Waals surface area (Å²) in [5, 5.41) is 3.11. The number of fused-ring (bicyclic) bond motifs is 1. The van der Waals surface area contributed by atoms with Gasteiger partial charge < -0.3 is 5.32 Å². The first-order chi connectivity index (χ1) is 9.15. The van der Waals surface area contributed by atoms with E-state index in [4.69, 9.17) is 0 Å². The summed E-state index contributed by atoms with van der Waals surface area (Å²) in [5.41, 5.74) is 1.06. The Kier molecular flexibility index (Phi) is 3.50. The van der Waals surface area contributed by atoms with E-state index >= 15 is 0 Å². The van der Waals surface area contributed by atoms with Crippen LogP contribution in [0.2, 0.25) is 0 Å². The van der Waals surface area contributed by atoms with Crippen LogP contribution in [0.4, 0.5) is 0 Å². The third-order valence-electron chi connectivity index (χ3n) is 3.50. The van der Waals surface area contributed by atoms with Gasteiger partial charge >= 0.3 is 0 Å². The predicted octanol–water partition coefficient (Wildman–Crippen LogP) is 3.45. The Balaban J connectivity index is 1.58. The lowest BCUT2D eigenvalue weighted by molar-refractivity contribution is -0.121. The zero-order chi connectivity index (χ0) is 13.3. The van der Waals surface area contributed by atoms with Gasteiger partial charge in [0.1, 0.15) is 0 Å². The molecule has 5 heteroatoms. The molecule has 100 valence electrons. The highest BCUT2D eigenvalue weighted by Crippen LogP contribution is 2.32. The van der Waals surface area contributed by atoms with Gasteiger partial charge in [0.25, 0.3) is 0 Å². The molecule has 1 saturated carbocycles. The molecule has 1 aliphatic carbocycles. The van der Waals surface area contributed by atoms with Crippen LogP contribution < -0.4 is 5.32 Å². The minimum atomic E-state index is 0.0469. The van der Waals surface area contributed by atoms with E-state index in [1.54, 1.807) is 11.3 Å². The molecule has 0 bridgehead atoms. The lowest BCUT2D eigenvalue weighted by atomic mass is 9.78. The fourth-order valence-corrected chi connectivity index (χ4v) is 4.11. The summed E-state index contributed by atoms with van der Waals surface area (Å²) in [7, 11) is 0. The fraction of sp³-hybridized carbons (Fsp3) is 0.429. The number of para-hydroxylation sites is 1. The van der Waals surface area contributed by atoms with Gasteiger partial charge in [-0.1, -0.05) is 23.9 Å². The third-order valence-corrected chi connectivity index (χ3v) is 5.68. The number of rotatable bonds is 4. The number of carbonyl (C=O) groups is 1.